The van der Waals surface area contributed by atoms with Gasteiger partial charge in [-0.3, -0.25) is 0 Å². The van der Waals surface area contributed by atoms with E-state index in [9.17, 15) is 0 Å². The monoisotopic (exact) mass is 737 g/mol. The zero-order valence-corrected chi connectivity index (χ0v) is 33.1. The van der Waals surface area contributed by atoms with Crippen LogP contribution >= 0.6 is 15.8 Å². The minimum Gasteiger partial charge on any atom is -0.343 e. The van der Waals surface area contributed by atoms with E-state index in [0.29, 0.717) is 30.9 Å². The quantitative estimate of drug-likeness (QED) is 0.153. The van der Waals surface area contributed by atoms with Gasteiger partial charge in [-0.25, -0.2) is 0 Å². The van der Waals surface area contributed by atoms with Gasteiger partial charge in [0.2, 0.25) is 0 Å². The standard InChI is InChI=1S/2C12H27P.2C5H9.Pt/c2*1-10(2,3)13(11(4,5)6)12(7,8)9;2*1-3-5-4-2;/h2*1-9H3;2*3H,1-2,4-5H2;/q;;2*-1;+2. The van der Waals surface area contributed by atoms with Crippen LogP contribution in [-0.4, -0.2) is 30.9 Å². The summed E-state index contributed by atoms with van der Waals surface area (Å²) < 4.78 is 0. The van der Waals surface area contributed by atoms with Crippen LogP contribution in [0.3, 0.4) is 0 Å². The summed E-state index contributed by atoms with van der Waals surface area (Å²) in [6, 6.07) is 0. The predicted octanol–water partition coefficient (Wildman–Crippen LogP) is 13.3. The van der Waals surface area contributed by atoms with E-state index in [1.165, 1.54) is 0 Å². The van der Waals surface area contributed by atoms with Crippen LogP contribution in [-0.2, 0) is 21.1 Å². The SMILES string of the molecule is C=CCC[CH2-].C=CCC[CH2-].CC(C)(C)P(C(C)(C)C)C(C)(C)C.CC(C)(C)P(C(C)(C)C)C(C)(C)C.[Pt+2]. The average Bonchev–Trinajstić information content (AvgIpc) is 2.48. The fourth-order valence-corrected chi connectivity index (χ4v) is 18.4. The molecule has 0 aromatic heterocycles. The Morgan fingerprint density at radius 2 is 0.568 bits per heavy atom. The molecule has 0 aromatic rings. The topological polar surface area (TPSA) is 0 Å². The first-order chi connectivity index (χ1) is 15.6. The van der Waals surface area contributed by atoms with Crippen LogP contribution in [0.2, 0.25) is 0 Å². The van der Waals surface area contributed by atoms with E-state index in [0.717, 1.165) is 25.7 Å². The first-order valence-corrected chi connectivity index (χ1v) is 16.7. The first kappa shape index (κ1) is 47.8. The van der Waals surface area contributed by atoms with Gasteiger partial charge in [0.1, 0.15) is 0 Å². The van der Waals surface area contributed by atoms with Crippen molar-refractivity contribution >= 4 is 15.8 Å². The Bertz CT molecular complexity index is 431. The van der Waals surface area contributed by atoms with Crippen LogP contribution in [0.25, 0.3) is 0 Å². The van der Waals surface area contributed by atoms with Crippen LogP contribution in [0.4, 0.5) is 0 Å². The maximum absolute atomic E-state index is 3.60. The fourth-order valence-electron chi connectivity index (χ4n) is 6.33. The van der Waals surface area contributed by atoms with Gasteiger partial charge >= 0.3 is 21.1 Å². The molecule has 0 aliphatic heterocycles. The summed E-state index contributed by atoms with van der Waals surface area (Å²) in [4.78, 5) is 0. The maximum Gasteiger partial charge on any atom is 2.00 e. The zero-order valence-electron chi connectivity index (χ0n) is 29.0. The van der Waals surface area contributed by atoms with Crippen LogP contribution in [0.5, 0.6) is 0 Å². The molecule has 0 spiro atoms. The van der Waals surface area contributed by atoms with Gasteiger partial charge in [-0.15, -0.1) is 13.2 Å². The molecule has 0 amide bonds. The smallest absolute Gasteiger partial charge is 0.343 e. The Labute approximate surface area is 256 Å². The maximum atomic E-state index is 3.60. The van der Waals surface area contributed by atoms with Crippen molar-refractivity contribution in [3.8, 4) is 0 Å². The van der Waals surface area contributed by atoms with Gasteiger partial charge in [-0.05, 0) is 30.9 Å². The van der Waals surface area contributed by atoms with Crippen molar-refractivity contribution in [2.75, 3.05) is 0 Å². The molecule has 0 rings (SSSR count). The summed E-state index contributed by atoms with van der Waals surface area (Å²) in [7, 11) is 0.0324. The molecule has 0 bridgehead atoms. The molecular formula is C34H72P2Pt. The second-order valence-electron chi connectivity index (χ2n) is 15.6. The third-order valence-corrected chi connectivity index (χ3v) is 12.9. The van der Waals surface area contributed by atoms with Gasteiger partial charge in [-0.2, -0.15) is 12.8 Å². The number of allylic oxidation sites excluding steroid dienone is 2. The van der Waals surface area contributed by atoms with Crippen LogP contribution in [0.1, 0.15) is 150 Å². The number of hydrogen-bond acceptors (Lipinski definition) is 0. The van der Waals surface area contributed by atoms with Crippen molar-refractivity contribution in [2.45, 2.75) is 181 Å². The number of hydrogen-bond donors (Lipinski definition) is 0. The Hall–Kier alpha value is 1.03. The zero-order chi connectivity index (χ0) is 30.4. The predicted molar refractivity (Wildman–Crippen MR) is 182 cm³/mol. The van der Waals surface area contributed by atoms with E-state index in [1.807, 2.05) is 12.2 Å². The third kappa shape index (κ3) is 27.0. The molecule has 0 atom stereocenters. The van der Waals surface area contributed by atoms with E-state index in [-0.39, 0.29) is 36.9 Å². The number of unbranched alkanes of at least 4 members (excludes halogenated alkanes) is 2. The molecule has 3 heteroatoms. The molecule has 0 heterocycles. The van der Waals surface area contributed by atoms with Crippen molar-refractivity contribution in [1.29, 1.82) is 0 Å². The van der Waals surface area contributed by atoms with E-state index in [1.54, 1.807) is 0 Å². The minimum atomic E-state index is 0. The number of rotatable bonds is 4. The van der Waals surface area contributed by atoms with Crippen molar-refractivity contribution in [1.82, 2.24) is 0 Å². The molecule has 0 aliphatic carbocycles. The first-order valence-electron chi connectivity index (χ1n) is 14.0. The molecule has 0 aromatic carbocycles. The van der Waals surface area contributed by atoms with Crippen LogP contribution in [0.15, 0.2) is 25.3 Å². The molecule has 0 N–H and O–H groups in total. The van der Waals surface area contributed by atoms with E-state index in [2.05, 4.69) is 152 Å². The molecular weight excluding hydrogens is 665 g/mol. The van der Waals surface area contributed by atoms with E-state index < -0.39 is 0 Å². The van der Waals surface area contributed by atoms with Gasteiger partial charge in [0, 0.05) is 0 Å². The second-order valence-corrected chi connectivity index (χ2v) is 24.9. The Balaban J connectivity index is -0.000000133. The second kappa shape index (κ2) is 20.0. The van der Waals surface area contributed by atoms with Gasteiger partial charge in [0.05, 0.1) is 0 Å². The average molecular weight is 738 g/mol. The van der Waals surface area contributed by atoms with E-state index in [4.69, 9.17) is 0 Å². The Morgan fingerprint density at radius 3 is 0.568 bits per heavy atom. The normalized spacial score (nSPS) is 12.7. The van der Waals surface area contributed by atoms with Gasteiger partial charge in [0.15, 0.2) is 0 Å². The summed E-state index contributed by atoms with van der Waals surface area (Å²) >= 11 is 0. The molecule has 0 nitrogen and oxygen atoms in total. The van der Waals surface area contributed by atoms with Gasteiger partial charge in [-0.1, -0.05) is 165 Å². The Morgan fingerprint density at radius 1 is 0.432 bits per heavy atom. The third-order valence-electron chi connectivity index (χ3n) is 4.84. The molecule has 0 fully saturated rings. The van der Waals surface area contributed by atoms with Crippen molar-refractivity contribution in [3.63, 3.8) is 0 Å². The molecule has 0 radical (unpaired) electrons. The largest absolute Gasteiger partial charge is 2.00 e. The van der Waals surface area contributed by atoms with Gasteiger partial charge < -0.3 is 13.8 Å². The van der Waals surface area contributed by atoms with Crippen molar-refractivity contribution < 1.29 is 21.1 Å². The van der Waals surface area contributed by atoms with E-state index >= 15 is 0 Å². The van der Waals surface area contributed by atoms with Crippen molar-refractivity contribution in [3.05, 3.63) is 39.2 Å². The van der Waals surface area contributed by atoms with Gasteiger partial charge in [0.25, 0.3) is 0 Å². The summed E-state index contributed by atoms with van der Waals surface area (Å²) in [6.45, 7) is 57.1. The molecule has 228 valence electrons. The fraction of sp³-hybridized carbons (Fsp3) is 0.824. The summed E-state index contributed by atoms with van der Waals surface area (Å²) in [5.74, 6) is 0. The molecule has 0 aliphatic rings. The summed E-state index contributed by atoms with van der Waals surface area (Å²) in [5, 5.41) is 2.70. The summed E-state index contributed by atoms with van der Waals surface area (Å²) in [5.41, 5.74) is 0. The molecule has 0 unspecified atom stereocenters. The molecule has 0 saturated heterocycles. The Kier molecular flexibility index (Phi) is 25.8. The molecule has 37 heavy (non-hydrogen) atoms. The van der Waals surface area contributed by atoms with Crippen molar-refractivity contribution in [2.24, 2.45) is 0 Å². The minimum absolute atomic E-state index is 0. The molecule has 0 saturated carbocycles. The van der Waals surface area contributed by atoms with Crippen LogP contribution in [0, 0.1) is 13.8 Å². The van der Waals surface area contributed by atoms with Crippen LogP contribution < -0.4 is 0 Å². The summed E-state index contributed by atoms with van der Waals surface area (Å²) in [6.07, 6.45) is 7.77.